The van der Waals surface area contributed by atoms with E-state index in [4.69, 9.17) is 0 Å². The monoisotopic (exact) mass is 217 g/mol. The minimum absolute atomic E-state index is 0. The molecule has 0 spiro atoms. The molecule has 0 saturated carbocycles. The molecule has 2 aromatic rings. The zero-order valence-corrected chi connectivity index (χ0v) is 8.81. The maximum atomic E-state index is 4.50. The van der Waals surface area contributed by atoms with Crippen LogP contribution in [0, 0.1) is 0 Å². The summed E-state index contributed by atoms with van der Waals surface area (Å²) in [6.45, 7) is 0. The summed E-state index contributed by atoms with van der Waals surface area (Å²) in [7, 11) is 1.50. The quantitative estimate of drug-likeness (QED) is 0.532. The molecule has 0 aliphatic heterocycles. The van der Waals surface area contributed by atoms with Gasteiger partial charge in [0.05, 0.1) is 0 Å². The van der Waals surface area contributed by atoms with Crippen LogP contribution in [0.25, 0.3) is 0 Å². The molecule has 0 aromatic heterocycles. The van der Waals surface area contributed by atoms with Crippen molar-refractivity contribution in [2.45, 2.75) is 0 Å². The van der Waals surface area contributed by atoms with E-state index in [0.717, 1.165) is 0 Å². The van der Waals surface area contributed by atoms with Gasteiger partial charge in [-0.15, -0.1) is 0 Å². The van der Waals surface area contributed by atoms with E-state index in [1.807, 2.05) is 60.7 Å². The van der Waals surface area contributed by atoms with Gasteiger partial charge in [0.25, 0.3) is 0 Å². The summed E-state index contributed by atoms with van der Waals surface area (Å²) in [6.07, 6.45) is 0. The van der Waals surface area contributed by atoms with Crippen molar-refractivity contribution in [3.63, 3.8) is 0 Å². The van der Waals surface area contributed by atoms with Gasteiger partial charge in [-0.1, -0.05) is 0 Å². The standard InChI is InChI=1S/2C5H5.CH5N.Fe/c2*1-2-4-5-3-1;1-2;/h2*1-5H;2H2,1H3;/q-5;-1;;. The summed E-state index contributed by atoms with van der Waals surface area (Å²) >= 11 is 0. The summed E-state index contributed by atoms with van der Waals surface area (Å²) in [5.74, 6) is 0. The third-order valence-corrected chi connectivity index (χ3v) is 1.11. The van der Waals surface area contributed by atoms with Crippen LogP contribution in [0.3, 0.4) is 0 Å². The first kappa shape index (κ1) is 14.7. The molecule has 78 valence electrons. The van der Waals surface area contributed by atoms with Crippen molar-refractivity contribution in [1.29, 1.82) is 0 Å². The predicted molar refractivity (Wildman–Crippen MR) is 54.2 cm³/mol. The zero-order valence-electron chi connectivity index (χ0n) is 7.70. The number of rotatable bonds is 0. The van der Waals surface area contributed by atoms with Crippen LogP contribution in [-0.2, 0) is 17.1 Å². The molecule has 0 saturated heterocycles. The molecule has 0 radical (unpaired) electrons. The van der Waals surface area contributed by atoms with Gasteiger partial charge in [-0.3, -0.25) is 0 Å². The molecule has 13 heavy (non-hydrogen) atoms. The first-order valence-corrected chi connectivity index (χ1v) is 3.91. The van der Waals surface area contributed by atoms with E-state index in [0.29, 0.717) is 0 Å². The molecular formula is C11H15FeN-6. The van der Waals surface area contributed by atoms with Crippen LogP contribution in [0.2, 0.25) is 0 Å². The van der Waals surface area contributed by atoms with Crippen molar-refractivity contribution < 1.29 is 17.1 Å². The van der Waals surface area contributed by atoms with Crippen LogP contribution in [-0.4, -0.2) is 7.05 Å². The van der Waals surface area contributed by atoms with E-state index < -0.39 is 0 Å². The van der Waals surface area contributed by atoms with Gasteiger partial charge in [-0.25, -0.2) is 12.1 Å². The molecule has 0 fully saturated rings. The molecule has 0 bridgehead atoms. The molecule has 2 N–H and O–H groups in total. The number of hydrogen-bond donors (Lipinski definition) is 1. The molecule has 0 unspecified atom stereocenters. The van der Waals surface area contributed by atoms with Crippen LogP contribution < -0.4 is 5.73 Å². The SMILES string of the molecule is CN.[Fe].[cH-]1[cH-][cH-][cH-][cH-]1.c1cc[cH-]c1. The molecule has 2 rings (SSSR count). The van der Waals surface area contributed by atoms with Crippen LogP contribution in [0.5, 0.6) is 0 Å². The van der Waals surface area contributed by atoms with Gasteiger partial charge in [-0.2, -0.15) is 18.2 Å². The summed E-state index contributed by atoms with van der Waals surface area (Å²) in [5.41, 5.74) is 4.50. The molecule has 0 aliphatic carbocycles. The van der Waals surface area contributed by atoms with Crippen LogP contribution in [0.1, 0.15) is 0 Å². The number of hydrogen-bond acceptors (Lipinski definition) is 1. The average Bonchev–Trinajstić information content (AvgIpc) is 2.87. The van der Waals surface area contributed by atoms with Crippen molar-refractivity contribution in [1.82, 2.24) is 0 Å². The Morgan fingerprint density at radius 1 is 0.769 bits per heavy atom. The minimum atomic E-state index is 0. The van der Waals surface area contributed by atoms with E-state index in [1.165, 1.54) is 7.05 Å². The minimum Gasteiger partial charge on any atom is -0.748 e. The summed E-state index contributed by atoms with van der Waals surface area (Å²) < 4.78 is 0. The molecule has 0 atom stereocenters. The first-order chi connectivity index (χ1) is 6.00. The van der Waals surface area contributed by atoms with Gasteiger partial charge in [-0.05, 0) is 7.05 Å². The van der Waals surface area contributed by atoms with Crippen molar-refractivity contribution >= 4 is 0 Å². The fraction of sp³-hybridized carbons (Fsp3) is 0.0909. The average molecular weight is 217 g/mol. The van der Waals surface area contributed by atoms with Crippen LogP contribution in [0.4, 0.5) is 0 Å². The predicted octanol–water partition coefficient (Wildman–Crippen LogP) is 2.38. The first-order valence-electron chi connectivity index (χ1n) is 3.91. The van der Waals surface area contributed by atoms with Gasteiger partial charge in [0.1, 0.15) is 0 Å². The van der Waals surface area contributed by atoms with Gasteiger partial charge >= 0.3 is 0 Å². The Balaban J connectivity index is 0. The van der Waals surface area contributed by atoms with E-state index in [1.54, 1.807) is 0 Å². The zero-order chi connectivity index (χ0) is 9.07. The fourth-order valence-electron chi connectivity index (χ4n) is 0.642. The largest absolute Gasteiger partial charge is 0.748 e. The second-order valence-corrected chi connectivity index (χ2v) is 1.92. The molecule has 0 amide bonds. The fourth-order valence-corrected chi connectivity index (χ4v) is 0.642. The summed E-state index contributed by atoms with van der Waals surface area (Å²) in [5, 5.41) is 0. The Labute approximate surface area is 90.8 Å². The Hall–Kier alpha value is -0.821. The van der Waals surface area contributed by atoms with Crippen LogP contribution >= 0.6 is 0 Å². The number of nitrogens with two attached hydrogens (primary N) is 1. The summed E-state index contributed by atoms with van der Waals surface area (Å²) in [4.78, 5) is 0. The van der Waals surface area contributed by atoms with Gasteiger partial charge in [0.2, 0.25) is 0 Å². The van der Waals surface area contributed by atoms with Gasteiger partial charge in [0, 0.05) is 17.1 Å². The Morgan fingerprint density at radius 2 is 1.08 bits per heavy atom. The molecule has 0 aliphatic rings. The maximum absolute atomic E-state index is 4.50. The molecular weight excluding hydrogens is 202 g/mol. The normalized spacial score (nSPS) is 6.62. The van der Waals surface area contributed by atoms with E-state index in [9.17, 15) is 0 Å². The third kappa shape index (κ3) is 11.2. The molecule has 2 heteroatoms. The smallest absolute Gasteiger partial charge is 0 e. The Bertz CT molecular complexity index is 149. The van der Waals surface area contributed by atoms with Crippen LogP contribution in [0.15, 0.2) is 60.7 Å². The van der Waals surface area contributed by atoms with Crippen molar-refractivity contribution in [2.75, 3.05) is 7.05 Å². The van der Waals surface area contributed by atoms with E-state index in [2.05, 4.69) is 5.73 Å². The third-order valence-electron chi connectivity index (χ3n) is 1.11. The van der Waals surface area contributed by atoms with Crippen molar-refractivity contribution in [3.05, 3.63) is 60.7 Å². The van der Waals surface area contributed by atoms with E-state index >= 15 is 0 Å². The molecule has 1 nitrogen and oxygen atoms in total. The van der Waals surface area contributed by atoms with E-state index in [-0.39, 0.29) is 17.1 Å². The van der Waals surface area contributed by atoms with Crippen molar-refractivity contribution in [3.8, 4) is 0 Å². The Morgan fingerprint density at radius 3 is 1.23 bits per heavy atom. The maximum Gasteiger partial charge on any atom is 0 e. The molecule has 0 heterocycles. The second-order valence-electron chi connectivity index (χ2n) is 1.92. The molecule has 2 aromatic carbocycles. The second kappa shape index (κ2) is 13.7. The van der Waals surface area contributed by atoms with Gasteiger partial charge < -0.3 is 36.1 Å². The topological polar surface area (TPSA) is 26.0 Å². The Kier molecular flexibility index (Phi) is 15.5. The summed E-state index contributed by atoms with van der Waals surface area (Å²) in [6, 6.07) is 20.0. The van der Waals surface area contributed by atoms with Crippen molar-refractivity contribution in [2.24, 2.45) is 5.73 Å². The van der Waals surface area contributed by atoms with Gasteiger partial charge in [0.15, 0.2) is 0 Å².